The van der Waals surface area contributed by atoms with Crippen LogP contribution in [0, 0.1) is 11.8 Å². The maximum Gasteiger partial charge on any atom is 0.0781 e. The Labute approximate surface area is 144 Å². The van der Waals surface area contributed by atoms with Gasteiger partial charge in [0.2, 0.25) is 0 Å². The Balaban J connectivity index is 1.40. The number of fused-ring (bicyclic) bond motifs is 4. The molecule has 4 fully saturated rings. The predicted molar refractivity (Wildman–Crippen MR) is 90.2 cm³/mol. The second kappa shape index (κ2) is 7.95. The summed E-state index contributed by atoms with van der Waals surface area (Å²) in [5.41, 5.74) is 10.7. The SMILES string of the molecule is C[C@@H]1COCCN2CC(CN2)C2NNC3CCC(CC32)OCCO1. The average molecular weight is 340 g/mol. The van der Waals surface area contributed by atoms with Crippen molar-refractivity contribution in [2.45, 2.75) is 50.5 Å². The maximum absolute atomic E-state index is 6.12. The highest BCUT2D eigenvalue weighted by Crippen LogP contribution is 2.35. The van der Waals surface area contributed by atoms with Crippen LogP contribution in [0.15, 0.2) is 0 Å². The lowest BCUT2D eigenvalue weighted by Crippen LogP contribution is -2.42. The van der Waals surface area contributed by atoms with Crippen LogP contribution in [0.1, 0.15) is 26.2 Å². The monoisotopic (exact) mass is 340 g/mol. The van der Waals surface area contributed by atoms with Gasteiger partial charge in [0.25, 0.3) is 0 Å². The van der Waals surface area contributed by atoms with E-state index in [4.69, 9.17) is 14.2 Å². The van der Waals surface area contributed by atoms with Gasteiger partial charge in [-0.3, -0.25) is 16.3 Å². The molecule has 24 heavy (non-hydrogen) atoms. The van der Waals surface area contributed by atoms with Gasteiger partial charge in [-0.25, -0.2) is 5.01 Å². The molecule has 0 amide bonds. The number of ether oxygens (including phenoxy) is 3. The van der Waals surface area contributed by atoms with Gasteiger partial charge in [-0.2, -0.15) is 0 Å². The Kier molecular flexibility index (Phi) is 5.68. The zero-order valence-corrected chi connectivity index (χ0v) is 14.7. The molecule has 0 aromatic heterocycles. The van der Waals surface area contributed by atoms with E-state index in [0.29, 0.717) is 49.8 Å². The highest BCUT2D eigenvalue weighted by atomic mass is 16.6. The van der Waals surface area contributed by atoms with E-state index in [2.05, 4.69) is 28.2 Å². The molecule has 3 aliphatic heterocycles. The molecule has 0 spiro atoms. The normalized spacial score (nSPS) is 47.6. The summed E-state index contributed by atoms with van der Waals surface area (Å²) in [5.74, 6) is 1.31. The zero-order valence-electron chi connectivity index (χ0n) is 14.7. The van der Waals surface area contributed by atoms with Crippen molar-refractivity contribution >= 4 is 0 Å². The summed E-state index contributed by atoms with van der Waals surface area (Å²) >= 11 is 0. The van der Waals surface area contributed by atoms with Crippen molar-refractivity contribution < 1.29 is 14.2 Å². The van der Waals surface area contributed by atoms with Gasteiger partial charge in [0.05, 0.1) is 38.6 Å². The van der Waals surface area contributed by atoms with Crippen LogP contribution in [0.3, 0.4) is 0 Å². The number of hydrogen-bond donors (Lipinski definition) is 3. The highest BCUT2D eigenvalue weighted by Gasteiger charge is 2.45. The van der Waals surface area contributed by atoms with E-state index in [1.54, 1.807) is 0 Å². The van der Waals surface area contributed by atoms with Gasteiger partial charge >= 0.3 is 0 Å². The average Bonchev–Trinajstić information content (AvgIpc) is 3.21. The molecule has 1 aliphatic carbocycles. The number of nitrogens with one attached hydrogen (secondary N) is 3. The minimum Gasteiger partial charge on any atom is -0.377 e. The van der Waals surface area contributed by atoms with Crippen LogP contribution in [0.5, 0.6) is 0 Å². The molecule has 6 unspecified atom stereocenters. The largest absolute Gasteiger partial charge is 0.377 e. The first kappa shape index (κ1) is 17.1. The number of hydrazine groups is 2. The van der Waals surface area contributed by atoms with Crippen LogP contribution < -0.4 is 16.3 Å². The van der Waals surface area contributed by atoms with Crippen LogP contribution in [-0.2, 0) is 14.2 Å². The van der Waals surface area contributed by atoms with E-state index in [0.717, 1.165) is 39.1 Å². The third kappa shape index (κ3) is 3.93. The molecular formula is C17H32N4O3. The van der Waals surface area contributed by atoms with Crippen LogP contribution in [0.2, 0.25) is 0 Å². The minimum atomic E-state index is 0.129. The minimum absolute atomic E-state index is 0.129. The van der Waals surface area contributed by atoms with Crippen LogP contribution in [0.4, 0.5) is 0 Å². The Morgan fingerprint density at radius 3 is 2.92 bits per heavy atom. The van der Waals surface area contributed by atoms with Gasteiger partial charge in [0.1, 0.15) is 0 Å². The summed E-state index contributed by atoms with van der Waals surface area (Å²) in [4.78, 5) is 0. The fraction of sp³-hybridized carbons (Fsp3) is 1.00. The zero-order chi connectivity index (χ0) is 16.4. The highest BCUT2D eigenvalue weighted by molar-refractivity contribution is 5.00. The lowest BCUT2D eigenvalue weighted by Gasteiger charge is -2.34. The van der Waals surface area contributed by atoms with Gasteiger partial charge < -0.3 is 14.2 Å². The van der Waals surface area contributed by atoms with Crippen LogP contribution >= 0.6 is 0 Å². The molecule has 7 heteroatoms. The summed E-state index contributed by atoms with van der Waals surface area (Å²) in [5, 5.41) is 2.31. The topological polar surface area (TPSA) is 67.0 Å². The van der Waals surface area contributed by atoms with Gasteiger partial charge in [-0.15, -0.1) is 0 Å². The van der Waals surface area contributed by atoms with E-state index in [1.807, 2.05) is 0 Å². The molecule has 7 nitrogen and oxygen atoms in total. The van der Waals surface area contributed by atoms with Crippen molar-refractivity contribution in [2.24, 2.45) is 11.8 Å². The van der Waals surface area contributed by atoms with E-state index < -0.39 is 0 Å². The predicted octanol–water partition coefficient (Wildman–Crippen LogP) is -0.112. The van der Waals surface area contributed by atoms with Crippen molar-refractivity contribution in [2.75, 3.05) is 46.1 Å². The molecule has 3 saturated heterocycles. The molecule has 7 atom stereocenters. The van der Waals surface area contributed by atoms with Crippen molar-refractivity contribution in [1.82, 2.24) is 21.3 Å². The number of nitrogens with zero attached hydrogens (tertiary/aromatic N) is 1. The first-order valence-corrected chi connectivity index (χ1v) is 9.60. The second-order valence-electron chi connectivity index (χ2n) is 7.72. The lowest BCUT2D eigenvalue weighted by molar-refractivity contribution is -0.0584. The smallest absolute Gasteiger partial charge is 0.0781 e. The molecule has 0 radical (unpaired) electrons. The van der Waals surface area contributed by atoms with Gasteiger partial charge in [0, 0.05) is 37.6 Å². The Hall–Kier alpha value is -0.280. The molecule has 0 aromatic carbocycles. The molecular weight excluding hydrogens is 308 g/mol. The maximum atomic E-state index is 6.12. The summed E-state index contributed by atoms with van der Waals surface area (Å²) in [6.45, 7) is 7.88. The fourth-order valence-corrected chi connectivity index (χ4v) is 4.68. The number of rotatable bonds is 0. The molecule has 4 bridgehead atoms. The number of hydrogen-bond acceptors (Lipinski definition) is 7. The summed E-state index contributed by atoms with van der Waals surface area (Å²) in [6, 6.07) is 1.13. The van der Waals surface area contributed by atoms with Gasteiger partial charge in [0.15, 0.2) is 0 Å². The summed E-state index contributed by atoms with van der Waals surface area (Å²) in [7, 11) is 0. The van der Waals surface area contributed by atoms with E-state index in [-0.39, 0.29) is 6.10 Å². The first-order valence-electron chi connectivity index (χ1n) is 9.60. The van der Waals surface area contributed by atoms with Crippen molar-refractivity contribution in [3.05, 3.63) is 0 Å². The Bertz CT molecular complexity index is 413. The summed E-state index contributed by atoms with van der Waals surface area (Å²) in [6.07, 6.45) is 4.02. The molecule has 138 valence electrons. The van der Waals surface area contributed by atoms with Crippen molar-refractivity contribution in [3.8, 4) is 0 Å². The molecule has 3 N–H and O–H groups in total. The van der Waals surface area contributed by atoms with E-state index in [1.165, 1.54) is 6.42 Å². The van der Waals surface area contributed by atoms with Gasteiger partial charge in [-0.1, -0.05) is 0 Å². The second-order valence-corrected chi connectivity index (χ2v) is 7.72. The van der Waals surface area contributed by atoms with Crippen LogP contribution in [-0.4, -0.2) is 75.4 Å². The third-order valence-corrected chi connectivity index (χ3v) is 5.99. The molecule has 1 saturated carbocycles. The summed E-state index contributed by atoms with van der Waals surface area (Å²) < 4.78 is 17.7. The molecule has 4 aliphatic rings. The first-order chi connectivity index (χ1) is 11.8. The fourth-order valence-electron chi connectivity index (χ4n) is 4.68. The van der Waals surface area contributed by atoms with E-state index >= 15 is 0 Å². The Morgan fingerprint density at radius 2 is 1.96 bits per heavy atom. The lowest BCUT2D eigenvalue weighted by atomic mass is 9.76. The molecule has 3 heterocycles. The van der Waals surface area contributed by atoms with Gasteiger partial charge in [-0.05, 0) is 32.1 Å². The molecule has 4 rings (SSSR count). The van der Waals surface area contributed by atoms with E-state index in [9.17, 15) is 0 Å². The molecule has 0 aromatic rings. The van der Waals surface area contributed by atoms with Crippen LogP contribution in [0.25, 0.3) is 0 Å². The third-order valence-electron chi connectivity index (χ3n) is 5.99. The quantitative estimate of drug-likeness (QED) is 0.568. The Morgan fingerprint density at radius 1 is 1.04 bits per heavy atom. The standard InChI is InChI=1S/C17H32N4O3/c1-12-11-22-5-4-21-10-13(9-18-21)17-15-8-14(24-7-6-23-12)2-3-16(15)19-20-17/h12-20H,2-11H2,1H3/t12-,13?,14?,15?,16?,17?/m1/s1. The van der Waals surface area contributed by atoms with Crippen molar-refractivity contribution in [1.29, 1.82) is 0 Å². The van der Waals surface area contributed by atoms with Crippen molar-refractivity contribution in [3.63, 3.8) is 0 Å².